The molecule has 1 heterocycles. The zero-order valence-corrected chi connectivity index (χ0v) is 15.9. The Bertz CT molecular complexity index is 728. The lowest BCUT2D eigenvalue weighted by molar-refractivity contribution is 0.133. The first-order valence-electron chi connectivity index (χ1n) is 9.29. The lowest BCUT2D eigenvalue weighted by atomic mass is 10.1. The van der Waals surface area contributed by atoms with Crippen LogP contribution < -0.4 is 0 Å². The highest BCUT2D eigenvalue weighted by molar-refractivity contribution is 5.27. The van der Waals surface area contributed by atoms with Crippen molar-refractivity contribution in [3.8, 4) is 23.7 Å². The van der Waals surface area contributed by atoms with Crippen LogP contribution in [0.25, 0.3) is 0 Å². The summed E-state index contributed by atoms with van der Waals surface area (Å²) >= 11 is 0. The van der Waals surface area contributed by atoms with Crippen LogP contribution in [0.4, 0.5) is 0 Å². The first-order valence-corrected chi connectivity index (χ1v) is 9.29. The molecule has 3 rings (SSSR count). The van der Waals surface area contributed by atoms with Crippen LogP contribution in [0.1, 0.15) is 22.3 Å². The summed E-state index contributed by atoms with van der Waals surface area (Å²) in [7, 11) is 0. The molecule has 4 heteroatoms. The maximum atomic E-state index is 5.67. The van der Waals surface area contributed by atoms with Crippen molar-refractivity contribution in [1.29, 1.82) is 0 Å². The largest absolute Gasteiger partial charge is 0.364 e. The van der Waals surface area contributed by atoms with Gasteiger partial charge < -0.3 is 18.9 Å². The van der Waals surface area contributed by atoms with E-state index >= 15 is 0 Å². The van der Waals surface area contributed by atoms with Gasteiger partial charge in [-0.1, -0.05) is 72.2 Å². The number of ether oxygens (including phenoxy) is 4. The standard InChI is InChI=1S/C24H24O4/c1-2-10-22-18-26-14-7-8-16-28-20-24-12-4-3-11-23(24)19-27-15-6-5-13-25-17-21(22)9-1/h1-4,9-12H,13-20H2. The Kier molecular flexibility index (Phi) is 8.62. The Balaban J connectivity index is 1.62. The van der Waals surface area contributed by atoms with E-state index in [9.17, 15) is 0 Å². The summed E-state index contributed by atoms with van der Waals surface area (Å²) in [6, 6.07) is 16.1. The highest BCUT2D eigenvalue weighted by Crippen LogP contribution is 2.12. The molecule has 0 atom stereocenters. The molecule has 4 nitrogen and oxygen atoms in total. The second kappa shape index (κ2) is 12.0. The van der Waals surface area contributed by atoms with Gasteiger partial charge in [0.1, 0.15) is 26.4 Å². The van der Waals surface area contributed by atoms with Gasteiger partial charge in [0, 0.05) is 0 Å². The molecule has 2 aromatic carbocycles. The van der Waals surface area contributed by atoms with Gasteiger partial charge in [-0.3, -0.25) is 0 Å². The Hall–Kier alpha value is -2.60. The van der Waals surface area contributed by atoms with Gasteiger partial charge in [0.15, 0.2) is 0 Å². The molecule has 0 spiro atoms. The zero-order valence-electron chi connectivity index (χ0n) is 15.9. The smallest absolute Gasteiger partial charge is 0.108 e. The van der Waals surface area contributed by atoms with Gasteiger partial charge in [-0.05, 0) is 22.3 Å². The third-order valence-corrected chi connectivity index (χ3v) is 4.21. The van der Waals surface area contributed by atoms with Crippen LogP contribution >= 0.6 is 0 Å². The predicted molar refractivity (Wildman–Crippen MR) is 107 cm³/mol. The minimum atomic E-state index is 0.369. The molecular weight excluding hydrogens is 352 g/mol. The zero-order chi connectivity index (χ0) is 19.3. The van der Waals surface area contributed by atoms with E-state index < -0.39 is 0 Å². The van der Waals surface area contributed by atoms with Crippen molar-refractivity contribution in [3.05, 3.63) is 70.8 Å². The normalized spacial score (nSPS) is 16.3. The lowest BCUT2D eigenvalue weighted by Crippen LogP contribution is -2.03. The third kappa shape index (κ3) is 6.85. The maximum Gasteiger partial charge on any atom is 0.108 e. The average molecular weight is 376 g/mol. The van der Waals surface area contributed by atoms with Crippen molar-refractivity contribution in [2.24, 2.45) is 0 Å². The predicted octanol–water partition coefficient (Wildman–Crippen LogP) is 3.47. The molecule has 2 aromatic rings. The lowest BCUT2D eigenvalue weighted by Gasteiger charge is -2.09. The Morgan fingerprint density at radius 3 is 0.929 bits per heavy atom. The van der Waals surface area contributed by atoms with Crippen LogP contribution in [-0.2, 0) is 45.4 Å². The molecular formula is C24H24O4. The van der Waals surface area contributed by atoms with E-state index in [1.165, 1.54) is 0 Å². The van der Waals surface area contributed by atoms with E-state index in [-0.39, 0.29) is 0 Å². The molecule has 28 heavy (non-hydrogen) atoms. The highest BCUT2D eigenvalue weighted by Gasteiger charge is 2.03. The first kappa shape index (κ1) is 20.1. The molecule has 0 bridgehead atoms. The molecule has 0 N–H and O–H groups in total. The summed E-state index contributed by atoms with van der Waals surface area (Å²) in [5.74, 6) is 12.0. The van der Waals surface area contributed by atoms with Crippen molar-refractivity contribution in [2.45, 2.75) is 26.4 Å². The van der Waals surface area contributed by atoms with Gasteiger partial charge in [-0.25, -0.2) is 0 Å². The number of benzene rings is 2. The fourth-order valence-electron chi connectivity index (χ4n) is 2.73. The van der Waals surface area contributed by atoms with Crippen LogP contribution in [-0.4, -0.2) is 26.4 Å². The summed E-state index contributed by atoms with van der Waals surface area (Å²) in [5.41, 5.74) is 4.40. The molecule has 0 aliphatic carbocycles. The van der Waals surface area contributed by atoms with Gasteiger partial charge in [0.2, 0.25) is 0 Å². The number of fused-ring (bicyclic) bond motifs is 2. The molecule has 0 saturated carbocycles. The molecule has 0 amide bonds. The molecule has 0 unspecified atom stereocenters. The van der Waals surface area contributed by atoms with Crippen molar-refractivity contribution in [2.75, 3.05) is 26.4 Å². The van der Waals surface area contributed by atoms with Gasteiger partial charge in [0.05, 0.1) is 26.4 Å². The van der Waals surface area contributed by atoms with Crippen LogP contribution in [0.2, 0.25) is 0 Å². The molecule has 144 valence electrons. The average Bonchev–Trinajstić information content (AvgIpc) is 2.73. The van der Waals surface area contributed by atoms with E-state index in [0.717, 1.165) is 22.3 Å². The number of rotatable bonds is 0. The number of hydrogen-bond donors (Lipinski definition) is 0. The van der Waals surface area contributed by atoms with Crippen LogP contribution in [0.15, 0.2) is 48.5 Å². The fraction of sp³-hybridized carbons (Fsp3) is 0.333. The Labute approximate surface area is 166 Å². The molecule has 0 fully saturated rings. The van der Waals surface area contributed by atoms with E-state index in [2.05, 4.69) is 23.7 Å². The first-order chi connectivity index (χ1) is 13.9. The maximum absolute atomic E-state index is 5.67. The Morgan fingerprint density at radius 1 is 0.429 bits per heavy atom. The fourth-order valence-corrected chi connectivity index (χ4v) is 2.73. The van der Waals surface area contributed by atoms with E-state index in [1.54, 1.807) is 0 Å². The number of hydrogen-bond acceptors (Lipinski definition) is 4. The molecule has 0 radical (unpaired) electrons. The minimum absolute atomic E-state index is 0.369. The second-order valence-corrected chi connectivity index (χ2v) is 6.22. The van der Waals surface area contributed by atoms with E-state index in [0.29, 0.717) is 52.9 Å². The van der Waals surface area contributed by atoms with Crippen molar-refractivity contribution in [1.82, 2.24) is 0 Å². The molecule has 1 aliphatic heterocycles. The van der Waals surface area contributed by atoms with Crippen molar-refractivity contribution < 1.29 is 18.9 Å². The summed E-state index contributed by atoms with van der Waals surface area (Å²) in [6.07, 6.45) is 0. The van der Waals surface area contributed by atoms with E-state index in [4.69, 9.17) is 18.9 Å². The quantitative estimate of drug-likeness (QED) is 0.660. The summed E-state index contributed by atoms with van der Waals surface area (Å²) < 4.78 is 22.7. The Morgan fingerprint density at radius 2 is 0.679 bits per heavy atom. The molecule has 0 aromatic heterocycles. The van der Waals surface area contributed by atoms with Crippen molar-refractivity contribution >= 4 is 0 Å². The highest BCUT2D eigenvalue weighted by atomic mass is 16.5. The van der Waals surface area contributed by atoms with Crippen LogP contribution in [0, 0.1) is 23.7 Å². The summed E-state index contributed by atoms with van der Waals surface area (Å²) in [5, 5.41) is 0. The monoisotopic (exact) mass is 376 g/mol. The van der Waals surface area contributed by atoms with Gasteiger partial charge in [-0.15, -0.1) is 0 Å². The van der Waals surface area contributed by atoms with Crippen LogP contribution in [0.5, 0.6) is 0 Å². The molecule has 1 aliphatic rings. The van der Waals surface area contributed by atoms with Gasteiger partial charge >= 0.3 is 0 Å². The third-order valence-electron chi connectivity index (χ3n) is 4.21. The van der Waals surface area contributed by atoms with Crippen LogP contribution in [0.3, 0.4) is 0 Å². The van der Waals surface area contributed by atoms with Gasteiger partial charge in [-0.2, -0.15) is 0 Å². The topological polar surface area (TPSA) is 36.9 Å². The van der Waals surface area contributed by atoms with E-state index in [1.807, 2.05) is 48.5 Å². The van der Waals surface area contributed by atoms with Gasteiger partial charge in [0.25, 0.3) is 0 Å². The minimum Gasteiger partial charge on any atom is -0.364 e. The summed E-state index contributed by atoms with van der Waals surface area (Å²) in [4.78, 5) is 0. The second-order valence-electron chi connectivity index (χ2n) is 6.22. The van der Waals surface area contributed by atoms with Crippen molar-refractivity contribution in [3.63, 3.8) is 0 Å². The molecule has 0 saturated heterocycles. The summed E-state index contributed by atoms with van der Waals surface area (Å²) in [6.45, 7) is 3.49. The SMILES string of the molecule is C1#CCOCc2ccccc2COCC#CCOCc2ccccc2COC1.